The largest absolute Gasteiger partial charge is 0.374 e. The fourth-order valence-electron chi connectivity index (χ4n) is 3.15. The Kier molecular flexibility index (Phi) is 7.55. The summed E-state index contributed by atoms with van der Waals surface area (Å²) in [5.41, 5.74) is 11.3. The quantitative estimate of drug-likeness (QED) is 0.418. The molecule has 2 aromatic rings. The monoisotopic (exact) mass is 450 g/mol. The molecular formula is C20H27IN4. The molecule has 1 aliphatic rings. The van der Waals surface area contributed by atoms with Crippen LogP contribution in [0.3, 0.4) is 0 Å². The van der Waals surface area contributed by atoms with E-state index in [0.29, 0.717) is 12.5 Å². The van der Waals surface area contributed by atoms with E-state index >= 15 is 0 Å². The predicted molar refractivity (Wildman–Crippen MR) is 117 cm³/mol. The third-order valence-corrected chi connectivity index (χ3v) is 4.49. The average Bonchev–Trinajstić information content (AvgIpc) is 2.61. The number of halogens is 1. The van der Waals surface area contributed by atoms with Crippen LogP contribution in [0.5, 0.6) is 0 Å². The molecule has 3 rings (SSSR count). The zero-order valence-electron chi connectivity index (χ0n) is 14.7. The normalized spacial score (nSPS) is 13.8. The molecule has 0 saturated carbocycles. The van der Waals surface area contributed by atoms with Gasteiger partial charge in [0.2, 0.25) is 0 Å². The van der Waals surface area contributed by atoms with E-state index in [1.165, 1.54) is 28.8 Å². The second-order valence-corrected chi connectivity index (χ2v) is 6.35. The first-order valence-corrected chi connectivity index (χ1v) is 8.63. The highest BCUT2D eigenvalue weighted by molar-refractivity contribution is 14.0. The molecule has 134 valence electrons. The number of nitrogens with zero attached hydrogens (tertiary/aromatic N) is 2. The lowest BCUT2D eigenvalue weighted by atomic mass is 10.00. The standard InChI is InChI=1S/C20H26N4.HI/c1-24-13-5-8-18-14-17(9-10-19(18)24)15-23-20(21)22-12-11-16-6-3-2-4-7-16;/h2-4,6-7,9-10,14H,5,8,11-13,15H2,1H3,(H3,21,22,23);1H. The Morgan fingerprint density at radius 3 is 2.76 bits per heavy atom. The van der Waals surface area contributed by atoms with Crippen LogP contribution in [0.4, 0.5) is 5.69 Å². The first kappa shape index (κ1) is 19.6. The molecule has 0 radical (unpaired) electrons. The van der Waals surface area contributed by atoms with Gasteiger partial charge in [-0.25, -0.2) is 4.99 Å². The summed E-state index contributed by atoms with van der Waals surface area (Å²) in [5, 5.41) is 3.19. The Morgan fingerprint density at radius 1 is 1.16 bits per heavy atom. The zero-order chi connectivity index (χ0) is 16.8. The molecule has 0 aromatic heterocycles. The van der Waals surface area contributed by atoms with Gasteiger partial charge in [0, 0.05) is 25.8 Å². The van der Waals surface area contributed by atoms with Crippen molar-refractivity contribution in [2.45, 2.75) is 25.8 Å². The lowest BCUT2D eigenvalue weighted by Crippen LogP contribution is -2.33. The van der Waals surface area contributed by atoms with Gasteiger partial charge in [-0.15, -0.1) is 24.0 Å². The first-order chi connectivity index (χ1) is 11.7. The minimum atomic E-state index is 0. The van der Waals surface area contributed by atoms with Crippen LogP contribution in [-0.2, 0) is 19.4 Å². The van der Waals surface area contributed by atoms with Gasteiger partial charge in [-0.3, -0.25) is 0 Å². The van der Waals surface area contributed by atoms with E-state index in [2.05, 4.69) is 64.7 Å². The van der Waals surface area contributed by atoms with Gasteiger partial charge in [-0.1, -0.05) is 42.5 Å². The number of anilines is 1. The Balaban J connectivity index is 0.00000225. The molecule has 0 saturated heterocycles. The lowest BCUT2D eigenvalue weighted by Gasteiger charge is -2.27. The maximum absolute atomic E-state index is 5.98. The highest BCUT2D eigenvalue weighted by Crippen LogP contribution is 2.26. The molecule has 0 unspecified atom stereocenters. The van der Waals surface area contributed by atoms with Crippen LogP contribution < -0.4 is 16.0 Å². The number of hydrogen-bond acceptors (Lipinski definition) is 2. The van der Waals surface area contributed by atoms with Crippen molar-refractivity contribution < 1.29 is 0 Å². The molecule has 3 N–H and O–H groups in total. The van der Waals surface area contributed by atoms with Gasteiger partial charge in [0.05, 0.1) is 6.54 Å². The van der Waals surface area contributed by atoms with Crippen LogP contribution in [0.15, 0.2) is 53.5 Å². The van der Waals surface area contributed by atoms with Gasteiger partial charge in [0.25, 0.3) is 0 Å². The van der Waals surface area contributed by atoms with Crippen molar-refractivity contribution in [1.29, 1.82) is 0 Å². The number of aryl methyl sites for hydroxylation is 1. The lowest BCUT2D eigenvalue weighted by molar-refractivity contribution is 0.742. The smallest absolute Gasteiger partial charge is 0.188 e. The summed E-state index contributed by atoms with van der Waals surface area (Å²) in [6.45, 7) is 2.57. The average molecular weight is 450 g/mol. The van der Waals surface area contributed by atoms with Crippen LogP contribution in [-0.4, -0.2) is 26.1 Å². The van der Waals surface area contributed by atoms with Crippen molar-refractivity contribution in [1.82, 2.24) is 5.32 Å². The molecule has 0 bridgehead atoms. The van der Waals surface area contributed by atoms with Crippen molar-refractivity contribution in [2.24, 2.45) is 10.7 Å². The number of nitrogens with two attached hydrogens (primary N) is 1. The zero-order valence-corrected chi connectivity index (χ0v) is 17.1. The fourth-order valence-corrected chi connectivity index (χ4v) is 3.15. The van der Waals surface area contributed by atoms with E-state index < -0.39 is 0 Å². The van der Waals surface area contributed by atoms with Crippen molar-refractivity contribution in [3.8, 4) is 0 Å². The van der Waals surface area contributed by atoms with Crippen molar-refractivity contribution in [3.05, 3.63) is 65.2 Å². The Morgan fingerprint density at radius 2 is 1.96 bits per heavy atom. The van der Waals surface area contributed by atoms with Crippen molar-refractivity contribution in [2.75, 3.05) is 25.0 Å². The summed E-state index contributed by atoms with van der Waals surface area (Å²) >= 11 is 0. The maximum atomic E-state index is 5.98. The molecule has 2 aromatic carbocycles. The van der Waals surface area contributed by atoms with Gasteiger partial charge in [0.15, 0.2) is 5.96 Å². The molecule has 5 heteroatoms. The molecule has 25 heavy (non-hydrogen) atoms. The van der Waals surface area contributed by atoms with E-state index in [1.54, 1.807) is 0 Å². The molecular weight excluding hydrogens is 423 g/mol. The van der Waals surface area contributed by atoms with Crippen LogP contribution in [0, 0.1) is 0 Å². The summed E-state index contributed by atoms with van der Waals surface area (Å²) in [4.78, 5) is 6.79. The van der Waals surface area contributed by atoms with E-state index in [4.69, 9.17) is 5.73 Å². The molecule has 0 spiro atoms. The summed E-state index contributed by atoms with van der Waals surface area (Å²) in [6.07, 6.45) is 3.32. The molecule has 1 aliphatic heterocycles. The van der Waals surface area contributed by atoms with E-state index in [9.17, 15) is 0 Å². The van der Waals surface area contributed by atoms with E-state index in [0.717, 1.165) is 25.9 Å². The number of hydrogen-bond donors (Lipinski definition) is 2. The van der Waals surface area contributed by atoms with E-state index in [1.807, 2.05) is 6.07 Å². The second kappa shape index (κ2) is 9.65. The third kappa shape index (κ3) is 5.63. The van der Waals surface area contributed by atoms with Gasteiger partial charge in [0.1, 0.15) is 0 Å². The number of rotatable bonds is 5. The topological polar surface area (TPSA) is 53.6 Å². The van der Waals surface area contributed by atoms with E-state index in [-0.39, 0.29) is 24.0 Å². The van der Waals surface area contributed by atoms with Crippen LogP contribution in [0.2, 0.25) is 0 Å². The molecule has 0 atom stereocenters. The van der Waals surface area contributed by atoms with Gasteiger partial charge in [-0.2, -0.15) is 0 Å². The highest BCUT2D eigenvalue weighted by Gasteiger charge is 2.13. The summed E-state index contributed by atoms with van der Waals surface area (Å²) in [7, 11) is 2.16. The Hall–Kier alpha value is -1.76. The molecule has 1 heterocycles. The molecule has 0 fully saturated rings. The Bertz CT molecular complexity index is 700. The minimum absolute atomic E-state index is 0. The molecule has 0 aliphatic carbocycles. The summed E-state index contributed by atoms with van der Waals surface area (Å²) in [6, 6.07) is 17.0. The van der Waals surface area contributed by atoms with Crippen LogP contribution >= 0.6 is 24.0 Å². The van der Waals surface area contributed by atoms with Crippen molar-refractivity contribution >= 4 is 35.6 Å². The third-order valence-electron chi connectivity index (χ3n) is 4.49. The summed E-state index contributed by atoms with van der Waals surface area (Å²) in [5.74, 6) is 0.515. The Labute approximate surface area is 167 Å². The van der Waals surface area contributed by atoms with Gasteiger partial charge >= 0.3 is 0 Å². The fraction of sp³-hybridized carbons (Fsp3) is 0.350. The summed E-state index contributed by atoms with van der Waals surface area (Å²) < 4.78 is 0. The van der Waals surface area contributed by atoms with Crippen LogP contribution in [0.1, 0.15) is 23.1 Å². The first-order valence-electron chi connectivity index (χ1n) is 8.63. The molecule has 0 amide bonds. The molecule has 4 nitrogen and oxygen atoms in total. The minimum Gasteiger partial charge on any atom is -0.374 e. The van der Waals surface area contributed by atoms with Crippen LogP contribution in [0.25, 0.3) is 0 Å². The number of aliphatic imine (C=N–C) groups is 1. The van der Waals surface area contributed by atoms with Gasteiger partial charge < -0.3 is 16.0 Å². The number of nitrogens with one attached hydrogen (secondary N) is 1. The van der Waals surface area contributed by atoms with Gasteiger partial charge in [-0.05, 0) is 42.0 Å². The highest BCUT2D eigenvalue weighted by atomic mass is 127. The second-order valence-electron chi connectivity index (χ2n) is 6.35. The maximum Gasteiger partial charge on any atom is 0.188 e. The SMILES string of the molecule is CN1CCCc2cc(CN=C(N)NCCc3ccccc3)ccc21.I. The number of benzene rings is 2. The predicted octanol–water partition coefficient (Wildman–Crippen LogP) is 3.33. The van der Waals surface area contributed by atoms with Crippen molar-refractivity contribution in [3.63, 3.8) is 0 Å². The number of fused-ring (bicyclic) bond motifs is 1. The number of guanidine groups is 1.